The molecular weight excluding hydrogens is 424 g/mol. The van der Waals surface area contributed by atoms with Gasteiger partial charge in [-0.1, -0.05) is 43.0 Å². The molecule has 1 heterocycles. The van der Waals surface area contributed by atoms with Crippen molar-refractivity contribution in [2.24, 2.45) is 0 Å². The van der Waals surface area contributed by atoms with Crippen molar-refractivity contribution in [3.8, 4) is 16.9 Å². The molecular formula is C23H30N4O4Si. The van der Waals surface area contributed by atoms with Gasteiger partial charge in [0.1, 0.15) is 5.75 Å². The van der Waals surface area contributed by atoms with E-state index in [-0.39, 0.29) is 30.8 Å². The Morgan fingerprint density at radius 1 is 1.09 bits per heavy atom. The minimum atomic E-state index is -1.83. The zero-order valence-corrected chi connectivity index (χ0v) is 20.2. The molecule has 170 valence electrons. The van der Waals surface area contributed by atoms with Gasteiger partial charge in [-0.25, -0.2) is 0 Å². The Bertz CT molecular complexity index is 1030. The molecule has 3 rings (SSSR count). The number of ether oxygens (including phenoxy) is 1. The van der Waals surface area contributed by atoms with E-state index in [1.54, 1.807) is 12.0 Å². The Labute approximate surface area is 189 Å². The largest absolute Gasteiger partial charge is 0.497 e. The number of methoxy groups -OCH3 is 1. The number of carbonyl (C=O) groups is 3. The normalized spacial score (nSPS) is 14.1. The first kappa shape index (κ1) is 23.5. The molecule has 0 spiro atoms. The molecule has 0 atom stereocenters. The summed E-state index contributed by atoms with van der Waals surface area (Å²) in [4.78, 5) is 38.0. The fraction of sp³-hybridized carbons (Fsp3) is 0.348. The van der Waals surface area contributed by atoms with Gasteiger partial charge in [0.05, 0.1) is 46.3 Å². The molecule has 3 amide bonds. The van der Waals surface area contributed by atoms with Crippen molar-refractivity contribution in [3.63, 3.8) is 0 Å². The lowest BCUT2D eigenvalue weighted by atomic mass is 10.0. The Morgan fingerprint density at radius 3 is 2.31 bits per heavy atom. The van der Waals surface area contributed by atoms with Crippen molar-refractivity contribution >= 4 is 42.4 Å². The van der Waals surface area contributed by atoms with Crippen molar-refractivity contribution in [1.82, 2.24) is 10.2 Å². The third kappa shape index (κ3) is 5.54. The maximum Gasteiger partial charge on any atom is 0.238 e. The van der Waals surface area contributed by atoms with Gasteiger partial charge in [0.15, 0.2) is 0 Å². The zero-order chi connectivity index (χ0) is 23.5. The number of amides is 3. The predicted molar refractivity (Wildman–Crippen MR) is 129 cm³/mol. The average Bonchev–Trinajstić information content (AvgIpc) is 3.12. The fourth-order valence-electron chi connectivity index (χ4n) is 3.72. The van der Waals surface area contributed by atoms with E-state index < -0.39 is 8.07 Å². The maximum absolute atomic E-state index is 12.9. The highest BCUT2D eigenvalue weighted by Gasteiger charge is 2.27. The summed E-state index contributed by atoms with van der Waals surface area (Å²) in [7, 11) is -0.219. The molecule has 1 saturated heterocycles. The summed E-state index contributed by atoms with van der Waals surface area (Å²) in [5, 5.41) is 9.72. The number of nitrogens with zero attached hydrogens (tertiary/aromatic N) is 1. The van der Waals surface area contributed by atoms with Crippen LogP contribution in [0.5, 0.6) is 5.75 Å². The summed E-state index contributed by atoms with van der Waals surface area (Å²) < 4.78 is 5.30. The van der Waals surface area contributed by atoms with Crippen LogP contribution in [-0.2, 0) is 14.4 Å². The molecule has 1 fully saturated rings. The van der Waals surface area contributed by atoms with Gasteiger partial charge in [0.25, 0.3) is 0 Å². The summed E-state index contributed by atoms with van der Waals surface area (Å²) in [5.41, 5.74) is 2.91. The van der Waals surface area contributed by atoms with Crippen LogP contribution >= 0.6 is 0 Å². The van der Waals surface area contributed by atoms with E-state index in [1.807, 2.05) is 36.4 Å². The molecule has 32 heavy (non-hydrogen) atoms. The summed E-state index contributed by atoms with van der Waals surface area (Å²) in [6.07, 6.45) is 0. The second kappa shape index (κ2) is 9.54. The second-order valence-corrected chi connectivity index (χ2v) is 13.9. The number of hydrogen-bond acceptors (Lipinski definition) is 5. The lowest BCUT2D eigenvalue weighted by Gasteiger charge is -2.26. The molecule has 0 unspecified atom stereocenters. The second-order valence-electron chi connectivity index (χ2n) is 8.86. The third-order valence-corrected chi connectivity index (χ3v) is 7.23. The first-order chi connectivity index (χ1) is 15.1. The number of hydrogen-bond donors (Lipinski definition) is 3. The molecule has 0 aliphatic carbocycles. The number of rotatable bonds is 7. The fourth-order valence-corrected chi connectivity index (χ4v) is 5.32. The quantitative estimate of drug-likeness (QED) is 0.557. The number of nitrogens with one attached hydrogen (secondary N) is 3. The van der Waals surface area contributed by atoms with Crippen LogP contribution in [0.3, 0.4) is 0 Å². The monoisotopic (exact) mass is 454 g/mol. The Hall–Kier alpha value is -3.17. The topological polar surface area (TPSA) is 99.8 Å². The van der Waals surface area contributed by atoms with Crippen molar-refractivity contribution in [1.29, 1.82) is 0 Å². The van der Waals surface area contributed by atoms with E-state index in [1.165, 1.54) is 6.92 Å². The third-order valence-electron chi connectivity index (χ3n) is 5.20. The standard InChI is InChI=1S/C23H30N4O4Si/c1-15(28)25-18-10-11-19(32(3,4)5)22(16-6-8-17(31-2)9-7-16)23(18)26-21(30)13-27-12-20(29)24-14-27/h6-11H,12-14H2,1-5H3,(H,24,29)(H,25,28)(H,26,30). The van der Waals surface area contributed by atoms with Crippen LogP contribution in [0.4, 0.5) is 11.4 Å². The predicted octanol–water partition coefficient (Wildman–Crippen LogP) is 2.19. The van der Waals surface area contributed by atoms with Gasteiger partial charge >= 0.3 is 0 Å². The molecule has 8 nitrogen and oxygen atoms in total. The van der Waals surface area contributed by atoms with E-state index >= 15 is 0 Å². The van der Waals surface area contributed by atoms with Gasteiger partial charge in [0, 0.05) is 12.5 Å². The summed E-state index contributed by atoms with van der Waals surface area (Å²) in [6.45, 7) is 8.74. The van der Waals surface area contributed by atoms with E-state index in [0.717, 1.165) is 22.1 Å². The minimum Gasteiger partial charge on any atom is -0.497 e. The van der Waals surface area contributed by atoms with Gasteiger partial charge < -0.3 is 20.7 Å². The SMILES string of the molecule is COc1ccc(-c2c([Si](C)(C)C)ccc(NC(C)=O)c2NC(=O)CN2CNC(=O)C2)cc1. The molecule has 0 radical (unpaired) electrons. The van der Waals surface area contributed by atoms with E-state index in [2.05, 4.69) is 35.6 Å². The van der Waals surface area contributed by atoms with Crippen LogP contribution < -0.4 is 25.9 Å². The molecule has 3 N–H and O–H groups in total. The molecule has 2 aromatic rings. The first-order valence-electron chi connectivity index (χ1n) is 10.5. The van der Waals surface area contributed by atoms with Crippen LogP contribution in [0, 0.1) is 0 Å². The lowest BCUT2D eigenvalue weighted by Crippen LogP contribution is -2.40. The molecule has 1 aliphatic rings. The molecule has 0 bridgehead atoms. The molecule has 9 heteroatoms. The number of anilines is 2. The van der Waals surface area contributed by atoms with Crippen LogP contribution in [0.2, 0.25) is 19.6 Å². The number of carbonyl (C=O) groups excluding carboxylic acids is 3. The highest BCUT2D eigenvalue weighted by molar-refractivity contribution is 6.89. The lowest BCUT2D eigenvalue weighted by molar-refractivity contribution is -0.119. The van der Waals surface area contributed by atoms with Gasteiger partial charge in [-0.2, -0.15) is 0 Å². The maximum atomic E-state index is 12.9. The Balaban J connectivity index is 2.10. The summed E-state index contributed by atoms with van der Waals surface area (Å²) >= 11 is 0. The number of benzene rings is 2. The van der Waals surface area contributed by atoms with E-state index in [0.29, 0.717) is 18.0 Å². The first-order valence-corrected chi connectivity index (χ1v) is 14.0. The molecule has 0 aromatic heterocycles. The van der Waals surface area contributed by atoms with Crippen LogP contribution in [0.1, 0.15) is 6.92 Å². The average molecular weight is 455 g/mol. The Kier molecular flexibility index (Phi) is 7.00. The van der Waals surface area contributed by atoms with E-state index in [4.69, 9.17) is 4.74 Å². The Morgan fingerprint density at radius 2 is 1.78 bits per heavy atom. The van der Waals surface area contributed by atoms with Crippen molar-refractivity contribution < 1.29 is 19.1 Å². The van der Waals surface area contributed by atoms with Gasteiger partial charge in [-0.15, -0.1) is 0 Å². The summed E-state index contributed by atoms with van der Waals surface area (Å²) in [5.74, 6) is 0.154. The zero-order valence-electron chi connectivity index (χ0n) is 19.2. The smallest absolute Gasteiger partial charge is 0.238 e. The highest BCUT2D eigenvalue weighted by atomic mass is 28.3. The van der Waals surface area contributed by atoms with Gasteiger partial charge in [0.2, 0.25) is 17.7 Å². The molecule has 1 aliphatic heterocycles. The summed E-state index contributed by atoms with van der Waals surface area (Å²) in [6, 6.07) is 11.5. The van der Waals surface area contributed by atoms with Gasteiger partial charge in [-0.3, -0.25) is 19.3 Å². The van der Waals surface area contributed by atoms with Gasteiger partial charge in [-0.05, 0) is 23.8 Å². The van der Waals surface area contributed by atoms with Crippen LogP contribution in [-0.4, -0.2) is 57.6 Å². The minimum absolute atomic E-state index is 0.0669. The van der Waals surface area contributed by atoms with Crippen molar-refractivity contribution in [2.75, 3.05) is 37.5 Å². The molecule has 0 saturated carbocycles. The van der Waals surface area contributed by atoms with Crippen LogP contribution in [0.15, 0.2) is 36.4 Å². The highest BCUT2D eigenvalue weighted by Crippen LogP contribution is 2.35. The van der Waals surface area contributed by atoms with Crippen LogP contribution in [0.25, 0.3) is 11.1 Å². The van der Waals surface area contributed by atoms with Crippen molar-refractivity contribution in [2.45, 2.75) is 26.6 Å². The van der Waals surface area contributed by atoms with Crippen molar-refractivity contribution in [3.05, 3.63) is 36.4 Å². The molecule has 2 aromatic carbocycles. The van der Waals surface area contributed by atoms with E-state index in [9.17, 15) is 14.4 Å².